The molecule has 1 saturated carbocycles. The molecular weight excluding hydrogens is 338 g/mol. The van der Waals surface area contributed by atoms with E-state index in [0.717, 1.165) is 25.6 Å². The summed E-state index contributed by atoms with van der Waals surface area (Å²) in [5, 5.41) is 2.70. The van der Waals surface area contributed by atoms with Gasteiger partial charge in [0, 0.05) is 31.7 Å². The lowest BCUT2D eigenvalue weighted by Gasteiger charge is -2.17. The van der Waals surface area contributed by atoms with E-state index in [1.54, 1.807) is 26.0 Å². The normalized spacial score (nSPS) is 21.5. The van der Waals surface area contributed by atoms with Crippen molar-refractivity contribution in [1.29, 1.82) is 0 Å². The SMILES string of the molecule is CC(=O)Nc1cc(C)c(S(=O)(=O)NC[C@H]2CCN(C3CC3)C2)c(C)c1. The average Bonchev–Trinajstić information content (AvgIpc) is 3.22. The number of benzene rings is 1. The van der Waals surface area contributed by atoms with Crippen molar-refractivity contribution in [2.24, 2.45) is 5.92 Å². The van der Waals surface area contributed by atoms with Gasteiger partial charge in [-0.2, -0.15) is 0 Å². The summed E-state index contributed by atoms with van der Waals surface area (Å²) in [7, 11) is -3.56. The molecule has 2 aliphatic rings. The Balaban J connectivity index is 1.68. The second kappa shape index (κ2) is 7.05. The van der Waals surface area contributed by atoms with Crippen LogP contribution in [0.2, 0.25) is 0 Å². The van der Waals surface area contributed by atoms with E-state index in [1.807, 2.05) is 0 Å². The number of amides is 1. The number of likely N-dealkylation sites (tertiary alicyclic amines) is 1. The highest BCUT2D eigenvalue weighted by molar-refractivity contribution is 7.89. The smallest absolute Gasteiger partial charge is 0.241 e. The van der Waals surface area contributed by atoms with Crippen molar-refractivity contribution in [3.05, 3.63) is 23.3 Å². The van der Waals surface area contributed by atoms with Gasteiger partial charge in [0.05, 0.1) is 4.90 Å². The predicted octanol–water partition coefficient (Wildman–Crippen LogP) is 2.02. The summed E-state index contributed by atoms with van der Waals surface area (Å²) in [5.41, 5.74) is 1.90. The number of carbonyl (C=O) groups is 1. The molecule has 2 N–H and O–H groups in total. The molecule has 1 aliphatic heterocycles. The summed E-state index contributed by atoms with van der Waals surface area (Å²) in [4.78, 5) is 14.0. The lowest BCUT2D eigenvalue weighted by atomic mass is 10.1. The van der Waals surface area contributed by atoms with Crippen molar-refractivity contribution >= 4 is 21.6 Å². The van der Waals surface area contributed by atoms with Gasteiger partial charge in [-0.15, -0.1) is 0 Å². The van der Waals surface area contributed by atoms with E-state index in [-0.39, 0.29) is 5.91 Å². The maximum Gasteiger partial charge on any atom is 0.241 e. The Morgan fingerprint density at radius 2 is 1.84 bits per heavy atom. The minimum atomic E-state index is -3.56. The number of rotatable bonds is 6. The first-order chi connectivity index (χ1) is 11.8. The van der Waals surface area contributed by atoms with Gasteiger partial charge >= 0.3 is 0 Å². The summed E-state index contributed by atoms with van der Waals surface area (Å²) in [5.74, 6) is 0.212. The Kier molecular flexibility index (Phi) is 5.18. The molecule has 2 fully saturated rings. The number of aryl methyl sites for hydroxylation is 2. The quantitative estimate of drug-likeness (QED) is 0.808. The number of hydrogen-bond donors (Lipinski definition) is 2. The maximum absolute atomic E-state index is 12.8. The van der Waals surface area contributed by atoms with Crippen LogP contribution in [0, 0.1) is 19.8 Å². The van der Waals surface area contributed by atoms with E-state index in [1.165, 1.54) is 19.8 Å². The molecule has 1 aromatic rings. The van der Waals surface area contributed by atoms with Crippen LogP contribution in [0.3, 0.4) is 0 Å². The predicted molar refractivity (Wildman–Crippen MR) is 98.1 cm³/mol. The minimum absolute atomic E-state index is 0.172. The third-order valence-corrected chi connectivity index (χ3v) is 6.72. The van der Waals surface area contributed by atoms with E-state index < -0.39 is 10.0 Å². The molecule has 0 bridgehead atoms. The van der Waals surface area contributed by atoms with Crippen molar-refractivity contribution in [3.63, 3.8) is 0 Å². The highest BCUT2D eigenvalue weighted by atomic mass is 32.2. The highest BCUT2D eigenvalue weighted by Gasteiger charge is 2.34. The van der Waals surface area contributed by atoms with E-state index in [2.05, 4.69) is 14.9 Å². The summed E-state index contributed by atoms with van der Waals surface area (Å²) >= 11 is 0. The number of nitrogens with zero attached hydrogens (tertiary/aromatic N) is 1. The Bertz CT molecular complexity index is 749. The second-order valence-electron chi connectivity index (χ2n) is 7.35. The van der Waals surface area contributed by atoms with Gasteiger partial charge in [0.1, 0.15) is 0 Å². The molecule has 3 rings (SSSR count). The third-order valence-electron chi connectivity index (χ3n) is 4.99. The number of sulfonamides is 1. The Morgan fingerprint density at radius 3 is 2.40 bits per heavy atom. The Hall–Kier alpha value is -1.44. The topological polar surface area (TPSA) is 78.5 Å². The van der Waals surface area contributed by atoms with Gasteiger partial charge in [-0.25, -0.2) is 13.1 Å². The zero-order chi connectivity index (χ0) is 18.2. The van der Waals surface area contributed by atoms with Crippen LogP contribution in [0.4, 0.5) is 5.69 Å². The van der Waals surface area contributed by atoms with E-state index in [0.29, 0.717) is 34.2 Å². The molecule has 0 aromatic heterocycles. The Labute approximate surface area is 150 Å². The third kappa shape index (κ3) is 4.40. The summed E-state index contributed by atoms with van der Waals surface area (Å²) in [6.45, 7) is 7.52. The molecular formula is C18H27N3O3S. The van der Waals surface area contributed by atoms with Crippen molar-refractivity contribution in [2.45, 2.75) is 51.0 Å². The first-order valence-corrected chi connectivity index (χ1v) is 10.4. The summed E-state index contributed by atoms with van der Waals surface area (Å²) in [6, 6.07) is 4.15. The number of nitrogens with one attached hydrogen (secondary N) is 2. The minimum Gasteiger partial charge on any atom is -0.326 e. The van der Waals surface area contributed by atoms with Crippen molar-refractivity contribution in [3.8, 4) is 0 Å². The van der Waals surface area contributed by atoms with Crippen LogP contribution in [0.25, 0.3) is 0 Å². The molecule has 0 radical (unpaired) electrons. The van der Waals surface area contributed by atoms with Gasteiger partial charge in [-0.1, -0.05) is 0 Å². The van der Waals surface area contributed by atoms with Crippen molar-refractivity contribution < 1.29 is 13.2 Å². The van der Waals surface area contributed by atoms with Gasteiger partial charge in [-0.3, -0.25) is 4.79 Å². The van der Waals surface area contributed by atoms with Crippen LogP contribution in [0.15, 0.2) is 17.0 Å². The molecule has 1 heterocycles. The van der Waals surface area contributed by atoms with E-state index >= 15 is 0 Å². The first kappa shape index (κ1) is 18.4. The molecule has 1 aliphatic carbocycles. The molecule has 0 unspecified atom stereocenters. The molecule has 25 heavy (non-hydrogen) atoms. The molecule has 1 atom stereocenters. The highest BCUT2D eigenvalue weighted by Crippen LogP contribution is 2.31. The van der Waals surface area contributed by atoms with Gasteiger partial charge in [-0.05, 0) is 68.8 Å². The van der Waals surface area contributed by atoms with Gasteiger partial charge in [0.15, 0.2) is 0 Å². The molecule has 1 aromatic carbocycles. The van der Waals surface area contributed by atoms with Crippen molar-refractivity contribution in [1.82, 2.24) is 9.62 Å². The van der Waals surface area contributed by atoms with E-state index in [9.17, 15) is 13.2 Å². The van der Waals surface area contributed by atoms with Crippen LogP contribution in [-0.4, -0.2) is 44.9 Å². The molecule has 0 spiro atoms. The van der Waals surface area contributed by atoms with Crippen LogP contribution in [0.1, 0.15) is 37.3 Å². The summed E-state index contributed by atoms with van der Waals surface area (Å²) in [6.07, 6.45) is 3.63. The standard InChI is InChI=1S/C18H27N3O3S/c1-12-8-16(20-14(3)22)9-13(2)18(12)25(23,24)19-10-15-6-7-21(11-15)17-4-5-17/h8-9,15,17,19H,4-7,10-11H2,1-3H3,(H,20,22)/t15-/m1/s1. The van der Waals surface area contributed by atoms with Crippen LogP contribution in [0.5, 0.6) is 0 Å². The van der Waals surface area contributed by atoms with Gasteiger partial charge in [0.25, 0.3) is 0 Å². The summed E-state index contributed by atoms with van der Waals surface area (Å²) < 4.78 is 28.4. The second-order valence-corrected chi connectivity index (χ2v) is 9.06. The zero-order valence-corrected chi connectivity index (χ0v) is 15.9. The van der Waals surface area contributed by atoms with E-state index in [4.69, 9.17) is 0 Å². The molecule has 138 valence electrons. The first-order valence-electron chi connectivity index (χ1n) is 8.89. The largest absolute Gasteiger partial charge is 0.326 e. The fourth-order valence-electron chi connectivity index (χ4n) is 3.75. The van der Waals surface area contributed by atoms with Gasteiger partial charge < -0.3 is 10.2 Å². The fraction of sp³-hybridized carbons (Fsp3) is 0.611. The number of hydrogen-bond acceptors (Lipinski definition) is 4. The van der Waals surface area contributed by atoms with Gasteiger partial charge in [0.2, 0.25) is 15.9 Å². The average molecular weight is 365 g/mol. The molecule has 7 heteroatoms. The molecule has 1 saturated heterocycles. The zero-order valence-electron chi connectivity index (χ0n) is 15.1. The molecule has 1 amide bonds. The number of carbonyl (C=O) groups excluding carboxylic acids is 1. The number of anilines is 1. The Morgan fingerprint density at radius 1 is 1.20 bits per heavy atom. The van der Waals surface area contributed by atoms with Crippen LogP contribution < -0.4 is 10.0 Å². The monoisotopic (exact) mass is 365 g/mol. The molecule has 6 nitrogen and oxygen atoms in total. The maximum atomic E-state index is 12.8. The lowest BCUT2D eigenvalue weighted by Crippen LogP contribution is -2.32. The fourth-order valence-corrected chi connectivity index (χ4v) is 5.31. The van der Waals surface area contributed by atoms with Crippen LogP contribution >= 0.6 is 0 Å². The lowest BCUT2D eigenvalue weighted by molar-refractivity contribution is -0.114. The van der Waals surface area contributed by atoms with Crippen LogP contribution in [-0.2, 0) is 14.8 Å². The van der Waals surface area contributed by atoms with Crippen molar-refractivity contribution in [2.75, 3.05) is 25.0 Å².